The first-order chi connectivity index (χ1) is 12.2. The second-order valence-corrected chi connectivity index (χ2v) is 5.78. The summed E-state index contributed by atoms with van der Waals surface area (Å²) >= 11 is 0. The van der Waals surface area contributed by atoms with Crippen molar-refractivity contribution in [3.63, 3.8) is 0 Å². The van der Waals surface area contributed by atoms with Crippen LogP contribution in [0.3, 0.4) is 0 Å². The lowest BCUT2D eigenvalue weighted by Crippen LogP contribution is -2.46. The van der Waals surface area contributed by atoms with Gasteiger partial charge in [-0.2, -0.15) is 0 Å². The first-order valence-corrected chi connectivity index (χ1v) is 7.84. The van der Waals surface area contributed by atoms with Crippen LogP contribution in [0.15, 0.2) is 27.9 Å². The van der Waals surface area contributed by atoms with E-state index in [1.54, 1.807) is 6.92 Å². The van der Waals surface area contributed by atoms with Gasteiger partial charge in [0.05, 0.1) is 19.6 Å². The number of rotatable bonds is 6. The summed E-state index contributed by atoms with van der Waals surface area (Å²) in [6.45, 7) is 2.45. The third-order valence-corrected chi connectivity index (χ3v) is 4.14. The number of nitrogens with zero attached hydrogens (tertiary/aromatic N) is 2. The fourth-order valence-corrected chi connectivity index (χ4v) is 2.76. The number of aromatic amines is 1. The van der Waals surface area contributed by atoms with Crippen molar-refractivity contribution < 1.29 is 24.3 Å². The summed E-state index contributed by atoms with van der Waals surface area (Å²) in [5.41, 5.74) is -3.09. The molecule has 0 aromatic carbocycles. The maximum Gasteiger partial charge on any atom is 0.330 e. The smallest absolute Gasteiger partial charge is 0.330 e. The van der Waals surface area contributed by atoms with Crippen molar-refractivity contribution in [1.82, 2.24) is 9.55 Å². The maximum absolute atomic E-state index is 12.0. The lowest BCUT2D eigenvalue weighted by Gasteiger charge is -2.20. The molecule has 1 fully saturated rings. The second-order valence-electron chi connectivity index (χ2n) is 5.78. The summed E-state index contributed by atoms with van der Waals surface area (Å²) in [5.74, 6) is -0.772. The molecule has 26 heavy (non-hydrogen) atoms. The van der Waals surface area contributed by atoms with Gasteiger partial charge in [-0.15, -0.1) is 0 Å². The molecule has 0 aliphatic carbocycles. The van der Waals surface area contributed by atoms with Crippen molar-refractivity contribution in [3.05, 3.63) is 54.9 Å². The van der Waals surface area contributed by atoms with Crippen LogP contribution in [0, 0.1) is 17.0 Å². The normalized spacial score (nSPS) is 25.5. The molecule has 11 nitrogen and oxygen atoms in total. The van der Waals surface area contributed by atoms with Crippen molar-refractivity contribution in [2.24, 2.45) is 0 Å². The number of aromatic nitrogens is 2. The third-order valence-electron chi connectivity index (χ3n) is 4.14. The molecule has 1 aliphatic rings. The van der Waals surface area contributed by atoms with Gasteiger partial charge >= 0.3 is 11.7 Å². The van der Waals surface area contributed by atoms with E-state index < -0.39 is 46.6 Å². The van der Waals surface area contributed by atoms with Crippen molar-refractivity contribution in [3.8, 4) is 0 Å². The second kappa shape index (κ2) is 7.62. The molecule has 1 aliphatic heterocycles. The molecule has 0 unspecified atom stereocenters. The highest BCUT2D eigenvalue weighted by Crippen LogP contribution is 2.39. The summed E-state index contributed by atoms with van der Waals surface area (Å²) in [4.78, 5) is 48.1. The Labute approximate surface area is 147 Å². The Morgan fingerprint density at radius 1 is 1.62 bits per heavy atom. The van der Waals surface area contributed by atoms with Crippen molar-refractivity contribution in [2.45, 2.75) is 38.1 Å². The summed E-state index contributed by atoms with van der Waals surface area (Å²) in [7, 11) is 0. The number of carbonyl (C=O) groups excluding carboxylic acids is 1. The van der Waals surface area contributed by atoms with E-state index in [0.29, 0.717) is 0 Å². The van der Waals surface area contributed by atoms with Gasteiger partial charge in [0.2, 0.25) is 0 Å². The minimum atomic E-state index is -1.93. The molecule has 2 heterocycles. The fraction of sp³-hybridized carbons (Fsp3) is 0.533. The standard InChI is InChI=1S/C15H19N3O8/c1-3-25-12(20)4-5-15(18(23)24)6-11(26-10(15)8-19)17-7-9(2)13(21)16-14(17)22/h4-5,7,10-11,19H,3,6,8H2,1-2H3,(H,16,21,22)/b5-4+/t10-,11-,15+/m1/s1. The van der Waals surface area contributed by atoms with Gasteiger partial charge in [0, 0.05) is 28.8 Å². The monoisotopic (exact) mass is 369 g/mol. The summed E-state index contributed by atoms with van der Waals surface area (Å²) < 4.78 is 11.2. The van der Waals surface area contributed by atoms with Gasteiger partial charge in [0.25, 0.3) is 11.1 Å². The number of aliphatic hydroxyl groups is 1. The highest BCUT2D eigenvalue weighted by Gasteiger charge is 2.57. The number of aliphatic hydroxyl groups excluding tert-OH is 1. The number of ether oxygens (including phenoxy) is 2. The van der Waals surface area contributed by atoms with Crippen LogP contribution in [-0.4, -0.2) is 50.4 Å². The first-order valence-electron chi connectivity index (χ1n) is 7.84. The predicted octanol–water partition coefficient (Wildman–Crippen LogP) is -0.740. The molecule has 2 N–H and O–H groups in total. The average Bonchev–Trinajstić information content (AvgIpc) is 2.96. The van der Waals surface area contributed by atoms with Crippen LogP contribution in [0.4, 0.5) is 0 Å². The molecule has 2 rings (SSSR count). The quantitative estimate of drug-likeness (QED) is 0.288. The molecule has 142 valence electrons. The van der Waals surface area contributed by atoms with Gasteiger partial charge in [-0.05, 0) is 13.8 Å². The van der Waals surface area contributed by atoms with Crippen molar-refractivity contribution in [2.75, 3.05) is 13.2 Å². The lowest BCUT2D eigenvalue weighted by molar-refractivity contribution is -0.560. The Hall–Kier alpha value is -2.79. The van der Waals surface area contributed by atoms with Gasteiger partial charge in [-0.3, -0.25) is 24.5 Å². The molecule has 0 spiro atoms. The van der Waals surface area contributed by atoms with E-state index in [0.717, 1.165) is 16.7 Å². The topological polar surface area (TPSA) is 154 Å². The van der Waals surface area contributed by atoms with Crippen LogP contribution >= 0.6 is 0 Å². The van der Waals surface area contributed by atoms with Gasteiger partial charge in [-0.1, -0.05) is 0 Å². The van der Waals surface area contributed by atoms with E-state index in [1.807, 2.05) is 0 Å². The number of nitro groups is 1. The molecule has 0 saturated carbocycles. The highest BCUT2D eigenvalue weighted by molar-refractivity contribution is 5.82. The molecule has 1 saturated heterocycles. The van der Waals surface area contributed by atoms with E-state index in [-0.39, 0.29) is 18.6 Å². The zero-order valence-corrected chi connectivity index (χ0v) is 14.2. The summed E-state index contributed by atoms with van der Waals surface area (Å²) in [5, 5.41) is 21.2. The lowest BCUT2D eigenvalue weighted by atomic mass is 9.91. The van der Waals surface area contributed by atoms with Crippen LogP contribution in [0.2, 0.25) is 0 Å². The first kappa shape index (κ1) is 19.5. The Bertz CT molecular complexity index is 842. The van der Waals surface area contributed by atoms with E-state index in [1.165, 1.54) is 13.1 Å². The molecule has 11 heteroatoms. The summed E-state index contributed by atoms with van der Waals surface area (Å²) in [6, 6.07) is 0. The number of esters is 1. The Morgan fingerprint density at radius 2 is 2.31 bits per heavy atom. The van der Waals surface area contributed by atoms with Crippen LogP contribution in [0.1, 0.15) is 25.1 Å². The van der Waals surface area contributed by atoms with Crippen molar-refractivity contribution >= 4 is 5.97 Å². The van der Waals surface area contributed by atoms with Gasteiger partial charge in [-0.25, -0.2) is 9.59 Å². The molecular weight excluding hydrogens is 350 g/mol. The zero-order chi connectivity index (χ0) is 19.5. The molecule has 1 aromatic heterocycles. The molecule has 0 radical (unpaired) electrons. The fourth-order valence-electron chi connectivity index (χ4n) is 2.76. The molecular formula is C15H19N3O8. The largest absolute Gasteiger partial charge is 0.463 e. The average molecular weight is 369 g/mol. The van der Waals surface area contributed by atoms with E-state index in [4.69, 9.17) is 9.47 Å². The molecule has 0 amide bonds. The maximum atomic E-state index is 12.0. The number of hydrogen-bond acceptors (Lipinski definition) is 8. The van der Waals surface area contributed by atoms with Gasteiger partial charge in [0.15, 0.2) is 6.10 Å². The van der Waals surface area contributed by atoms with Crippen LogP contribution in [-0.2, 0) is 14.3 Å². The Morgan fingerprint density at radius 3 is 2.88 bits per heavy atom. The Kier molecular flexibility index (Phi) is 5.73. The molecule has 3 atom stereocenters. The number of aryl methyl sites for hydroxylation is 1. The van der Waals surface area contributed by atoms with Crippen molar-refractivity contribution in [1.29, 1.82) is 0 Å². The van der Waals surface area contributed by atoms with Gasteiger partial charge < -0.3 is 14.6 Å². The Balaban J connectivity index is 2.43. The zero-order valence-electron chi connectivity index (χ0n) is 14.2. The van der Waals surface area contributed by atoms with E-state index in [9.17, 15) is 29.6 Å². The number of carbonyl (C=O) groups is 1. The van der Waals surface area contributed by atoms with E-state index in [2.05, 4.69) is 4.98 Å². The number of H-pyrrole nitrogens is 1. The molecule has 0 bridgehead atoms. The van der Waals surface area contributed by atoms with Crippen LogP contribution in [0.25, 0.3) is 0 Å². The number of hydrogen-bond donors (Lipinski definition) is 2. The minimum absolute atomic E-state index is 0.100. The number of nitrogens with one attached hydrogen (secondary N) is 1. The van der Waals surface area contributed by atoms with E-state index >= 15 is 0 Å². The highest BCUT2D eigenvalue weighted by atomic mass is 16.6. The van der Waals surface area contributed by atoms with Crippen LogP contribution in [0.5, 0.6) is 0 Å². The third kappa shape index (κ3) is 3.58. The minimum Gasteiger partial charge on any atom is -0.463 e. The SMILES string of the molecule is CCOC(=O)/C=C/[C@]1([N+](=O)[O-])C[C@H](n2cc(C)c(=O)[nH]c2=O)O[C@@H]1CO. The predicted molar refractivity (Wildman–Crippen MR) is 87.2 cm³/mol. The molecule has 1 aromatic rings. The van der Waals surface area contributed by atoms with Gasteiger partial charge in [0.1, 0.15) is 6.23 Å². The summed E-state index contributed by atoms with van der Waals surface area (Å²) in [6.07, 6.45) is 0.411. The van der Waals surface area contributed by atoms with Crippen LogP contribution < -0.4 is 11.2 Å².